The first-order valence-electron chi connectivity index (χ1n) is 8.34. The molecule has 2 atom stereocenters. The van der Waals surface area contributed by atoms with Crippen molar-refractivity contribution in [2.24, 2.45) is 0 Å². The Morgan fingerprint density at radius 2 is 1.73 bits per heavy atom. The van der Waals surface area contributed by atoms with Crippen LogP contribution in [0.4, 0.5) is 0 Å². The van der Waals surface area contributed by atoms with E-state index in [0.29, 0.717) is 5.56 Å². The molecule has 0 saturated carbocycles. The summed E-state index contributed by atoms with van der Waals surface area (Å²) in [7, 11) is -2.15. The van der Waals surface area contributed by atoms with Gasteiger partial charge in [0.05, 0.1) is 23.5 Å². The van der Waals surface area contributed by atoms with Crippen LogP contribution in [-0.2, 0) is 19.6 Å². The van der Waals surface area contributed by atoms with Gasteiger partial charge in [-0.3, -0.25) is 9.59 Å². The Morgan fingerprint density at radius 1 is 1.19 bits per heavy atom. The highest BCUT2D eigenvalue weighted by atomic mass is 32.2. The summed E-state index contributed by atoms with van der Waals surface area (Å²) in [5.74, 6) is -1.34. The first-order chi connectivity index (χ1) is 12.1. The van der Waals surface area contributed by atoms with Crippen LogP contribution in [0.25, 0.3) is 0 Å². The van der Waals surface area contributed by atoms with E-state index in [1.165, 1.54) is 40.5 Å². The van der Waals surface area contributed by atoms with Crippen molar-refractivity contribution in [3.63, 3.8) is 0 Å². The number of nitrogens with zero attached hydrogens (tertiary/aromatic N) is 2. The first kappa shape index (κ1) is 20.3. The molecule has 0 aromatic heterocycles. The number of benzene rings is 1. The summed E-state index contributed by atoms with van der Waals surface area (Å²) in [5.41, 5.74) is 0.306. The number of sulfonamides is 1. The molecular weight excluding hydrogens is 360 g/mol. The van der Waals surface area contributed by atoms with E-state index in [9.17, 15) is 18.0 Å². The summed E-state index contributed by atoms with van der Waals surface area (Å²) in [6, 6.07) is 5.69. The number of carboxylic acid groups (broad SMARTS) is 1. The number of carbonyl (C=O) groups is 2. The summed E-state index contributed by atoms with van der Waals surface area (Å²) >= 11 is 0. The summed E-state index contributed by atoms with van der Waals surface area (Å²) in [4.78, 5) is 24.3. The molecule has 1 fully saturated rings. The Labute approximate surface area is 153 Å². The Morgan fingerprint density at radius 3 is 2.23 bits per heavy atom. The summed E-state index contributed by atoms with van der Waals surface area (Å²) in [6.07, 6.45) is -0.517. The molecule has 1 aliphatic rings. The third-order valence-corrected chi connectivity index (χ3v) is 5.98. The highest BCUT2D eigenvalue weighted by Crippen LogP contribution is 2.21. The van der Waals surface area contributed by atoms with Gasteiger partial charge in [-0.25, -0.2) is 8.42 Å². The molecule has 8 nitrogen and oxygen atoms in total. The molecule has 1 aromatic carbocycles. The number of hydrogen-bond donors (Lipinski definition) is 1. The Hall–Kier alpha value is -1.97. The first-order valence-corrected chi connectivity index (χ1v) is 9.78. The quantitative estimate of drug-likeness (QED) is 0.786. The Kier molecular flexibility index (Phi) is 6.38. The molecule has 1 aromatic rings. The number of carboxylic acids is 1. The predicted molar refractivity (Wildman–Crippen MR) is 94.4 cm³/mol. The lowest BCUT2D eigenvalue weighted by Crippen LogP contribution is -2.48. The van der Waals surface area contributed by atoms with Crippen LogP contribution >= 0.6 is 0 Å². The van der Waals surface area contributed by atoms with Gasteiger partial charge in [-0.05, 0) is 38.1 Å². The van der Waals surface area contributed by atoms with Gasteiger partial charge in [0.1, 0.15) is 0 Å². The molecule has 0 bridgehead atoms. The SMILES string of the molecule is CC1CN(S(=O)(=O)c2ccc(C(=O)N(C)CCC(=O)O)cc2)CC(C)O1. The van der Waals surface area contributed by atoms with Gasteiger partial charge < -0.3 is 14.7 Å². The fraction of sp³-hybridized carbons (Fsp3) is 0.529. The topological polar surface area (TPSA) is 104 Å². The van der Waals surface area contributed by atoms with E-state index in [1.54, 1.807) is 0 Å². The minimum Gasteiger partial charge on any atom is -0.481 e. The highest BCUT2D eigenvalue weighted by Gasteiger charge is 2.32. The fourth-order valence-electron chi connectivity index (χ4n) is 2.83. The lowest BCUT2D eigenvalue weighted by atomic mass is 10.2. The molecule has 2 rings (SSSR count). The largest absolute Gasteiger partial charge is 0.481 e. The summed E-state index contributed by atoms with van der Waals surface area (Å²) < 4.78 is 32.5. The van der Waals surface area contributed by atoms with Crippen molar-refractivity contribution in [2.75, 3.05) is 26.7 Å². The molecule has 1 aliphatic heterocycles. The number of hydrogen-bond acceptors (Lipinski definition) is 5. The van der Waals surface area contributed by atoms with Crippen molar-refractivity contribution in [1.29, 1.82) is 0 Å². The normalized spacial score (nSPS) is 21.3. The second-order valence-electron chi connectivity index (χ2n) is 6.47. The Balaban J connectivity index is 2.13. The zero-order valence-corrected chi connectivity index (χ0v) is 15.9. The molecule has 1 N–H and O–H groups in total. The van der Waals surface area contributed by atoms with Crippen molar-refractivity contribution in [3.8, 4) is 0 Å². The highest BCUT2D eigenvalue weighted by molar-refractivity contribution is 7.89. The van der Waals surface area contributed by atoms with Crippen LogP contribution in [0.2, 0.25) is 0 Å². The molecule has 144 valence electrons. The summed E-state index contributed by atoms with van der Waals surface area (Å²) in [6.45, 7) is 4.30. The third-order valence-electron chi connectivity index (χ3n) is 4.13. The average molecular weight is 384 g/mol. The van der Waals surface area contributed by atoms with E-state index in [1.807, 2.05) is 13.8 Å². The second-order valence-corrected chi connectivity index (χ2v) is 8.41. The maximum Gasteiger partial charge on any atom is 0.305 e. The maximum atomic E-state index is 12.8. The van der Waals surface area contributed by atoms with Crippen LogP contribution in [0.5, 0.6) is 0 Å². The molecule has 9 heteroatoms. The van der Waals surface area contributed by atoms with Gasteiger partial charge in [-0.1, -0.05) is 0 Å². The smallest absolute Gasteiger partial charge is 0.305 e. The number of carbonyl (C=O) groups excluding carboxylic acids is 1. The molecule has 1 amide bonds. The lowest BCUT2D eigenvalue weighted by Gasteiger charge is -2.34. The molecule has 26 heavy (non-hydrogen) atoms. The van der Waals surface area contributed by atoms with Gasteiger partial charge in [0.2, 0.25) is 10.0 Å². The van der Waals surface area contributed by atoms with Crippen molar-refractivity contribution < 1.29 is 27.9 Å². The number of rotatable bonds is 6. The van der Waals surface area contributed by atoms with Gasteiger partial charge in [-0.2, -0.15) is 4.31 Å². The van der Waals surface area contributed by atoms with Gasteiger partial charge in [0.15, 0.2) is 0 Å². The maximum absolute atomic E-state index is 12.8. The van der Waals surface area contributed by atoms with Gasteiger partial charge >= 0.3 is 5.97 Å². The zero-order chi connectivity index (χ0) is 19.5. The number of ether oxygens (including phenoxy) is 1. The van der Waals surface area contributed by atoms with Gasteiger partial charge in [-0.15, -0.1) is 0 Å². The van der Waals surface area contributed by atoms with Crippen LogP contribution in [0.15, 0.2) is 29.2 Å². The molecule has 1 saturated heterocycles. The van der Waals surface area contributed by atoms with Crippen LogP contribution < -0.4 is 0 Å². The van der Waals surface area contributed by atoms with Crippen molar-refractivity contribution in [2.45, 2.75) is 37.4 Å². The minimum absolute atomic E-state index is 0.0811. The predicted octanol–water partition coefficient (Wildman–Crippen LogP) is 1.03. The van der Waals surface area contributed by atoms with Crippen LogP contribution in [0.3, 0.4) is 0 Å². The van der Waals surface area contributed by atoms with Crippen molar-refractivity contribution in [1.82, 2.24) is 9.21 Å². The van der Waals surface area contributed by atoms with E-state index in [2.05, 4.69) is 0 Å². The van der Waals surface area contributed by atoms with Gasteiger partial charge in [0, 0.05) is 32.2 Å². The molecule has 0 spiro atoms. The molecule has 0 radical (unpaired) electrons. The van der Waals surface area contributed by atoms with E-state index in [0.717, 1.165) is 0 Å². The van der Waals surface area contributed by atoms with Crippen LogP contribution in [0, 0.1) is 0 Å². The zero-order valence-electron chi connectivity index (χ0n) is 15.1. The van der Waals surface area contributed by atoms with Gasteiger partial charge in [0.25, 0.3) is 5.91 Å². The number of aliphatic carboxylic acids is 1. The number of morpholine rings is 1. The molecule has 0 aliphatic carbocycles. The fourth-order valence-corrected chi connectivity index (χ4v) is 4.42. The van der Waals surface area contributed by atoms with E-state index in [-0.39, 0.29) is 49.1 Å². The third kappa shape index (κ3) is 4.80. The monoisotopic (exact) mass is 384 g/mol. The van der Waals surface area contributed by atoms with E-state index < -0.39 is 16.0 Å². The van der Waals surface area contributed by atoms with E-state index >= 15 is 0 Å². The van der Waals surface area contributed by atoms with Crippen LogP contribution in [-0.4, -0.2) is 73.5 Å². The summed E-state index contributed by atoms with van der Waals surface area (Å²) in [5, 5.41) is 8.68. The average Bonchev–Trinajstić information content (AvgIpc) is 2.58. The van der Waals surface area contributed by atoms with E-state index in [4.69, 9.17) is 9.84 Å². The lowest BCUT2D eigenvalue weighted by molar-refractivity contribution is -0.137. The van der Waals surface area contributed by atoms with Crippen molar-refractivity contribution in [3.05, 3.63) is 29.8 Å². The Bertz CT molecular complexity index is 752. The molecule has 1 heterocycles. The number of amides is 1. The molecular formula is C17H24N2O6S. The molecule has 2 unspecified atom stereocenters. The minimum atomic E-state index is -3.66. The van der Waals surface area contributed by atoms with Crippen LogP contribution in [0.1, 0.15) is 30.6 Å². The second kappa shape index (κ2) is 8.15. The van der Waals surface area contributed by atoms with Crippen molar-refractivity contribution >= 4 is 21.9 Å². The standard InChI is InChI=1S/C17H24N2O6S/c1-12-10-19(11-13(2)25-12)26(23,24)15-6-4-14(5-7-15)17(22)18(3)9-8-16(20)21/h4-7,12-13H,8-11H2,1-3H3,(H,20,21).